The molecule has 0 aliphatic heterocycles. The lowest BCUT2D eigenvalue weighted by Crippen LogP contribution is -2.14. The number of nitrogens with one attached hydrogen (secondary N) is 1. The molecule has 0 fully saturated rings. The molecule has 2 aromatic carbocycles. The molecule has 30 heavy (non-hydrogen) atoms. The van der Waals surface area contributed by atoms with Crippen molar-refractivity contribution in [2.24, 2.45) is 0 Å². The number of nitrogens with zero attached hydrogens (tertiary/aromatic N) is 1. The van der Waals surface area contributed by atoms with Crippen molar-refractivity contribution in [3.63, 3.8) is 0 Å². The SMILES string of the molecule is O=C(Nc1ccc(Cl)c(-c2ccccn2)c1)c1ccc(S(=O)(=O)CCCO)cc1Cl. The van der Waals surface area contributed by atoms with Gasteiger partial charge in [-0.2, -0.15) is 0 Å². The number of rotatable bonds is 7. The van der Waals surface area contributed by atoms with Gasteiger partial charge in [0.2, 0.25) is 0 Å². The molecule has 0 atom stereocenters. The fourth-order valence-corrected chi connectivity index (χ4v) is 4.63. The molecule has 0 radical (unpaired) electrons. The number of halogens is 2. The number of aliphatic hydroxyl groups excluding tert-OH is 1. The van der Waals surface area contributed by atoms with E-state index in [0.29, 0.717) is 22.0 Å². The first kappa shape index (κ1) is 22.2. The summed E-state index contributed by atoms with van der Waals surface area (Å²) in [5, 5.41) is 12.1. The number of carbonyl (C=O) groups excluding carboxylic acids is 1. The summed E-state index contributed by atoms with van der Waals surface area (Å²) >= 11 is 12.4. The highest BCUT2D eigenvalue weighted by atomic mass is 35.5. The third-order valence-electron chi connectivity index (χ3n) is 4.28. The van der Waals surface area contributed by atoms with Crippen LogP contribution >= 0.6 is 23.2 Å². The maximum Gasteiger partial charge on any atom is 0.257 e. The zero-order valence-electron chi connectivity index (χ0n) is 15.7. The maximum atomic E-state index is 12.7. The molecule has 0 saturated heterocycles. The molecule has 9 heteroatoms. The number of hydrogen-bond donors (Lipinski definition) is 2. The van der Waals surface area contributed by atoms with Crippen LogP contribution in [0.4, 0.5) is 5.69 Å². The van der Waals surface area contributed by atoms with Crippen LogP contribution in [0.25, 0.3) is 11.3 Å². The minimum atomic E-state index is -3.59. The Bertz CT molecular complexity index is 1170. The average molecular weight is 465 g/mol. The Hall–Kier alpha value is -2.45. The van der Waals surface area contributed by atoms with Gasteiger partial charge < -0.3 is 10.4 Å². The quantitative estimate of drug-likeness (QED) is 0.537. The molecule has 1 amide bonds. The maximum absolute atomic E-state index is 12.7. The van der Waals surface area contributed by atoms with E-state index < -0.39 is 15.7 Å². The van der Waals surface area contributed by atoms with E-state index in [0.717, 1.165) is 0 Å². The number of pyridine rings is 1. The third kappa shape index (κ3) is 5.17. The van der Waals surface area contributed by atoms with E-state index in [-0.39, 0.29) is 34.3 Å². The van der Waals surface area contributed by atoms with Crippen LogP contribution in [0, 0.1) is 0 Å². The van der Waals surface area contributed by atoms with Gasteiger partial charge in [0.05, 0.1) is 32.0 Å². The van der Waals surface area contributed by atoms with Crippen LogP contribution in [-0.4, -0.2) is 36.8 Å². The van der Waals surface area contributed by atoms with Crippen molar-refractivity contribution in [1.29, 1.82) is 0 Å². The van der Waals surface area contributed by atoms with E-state index in [1.807, 2.05) is 6.07 Å². The van der Waals surface area contributed by atoms with Crippen molar-refractivity contribution < 1.29 is 18.3 Å². The molecule has 1 heterocycles. The number of amides is 1. The average Bonchev–Trinajstić information content (AvgIpc) is 2.74. The second kappa shape index (κ2) is 9.57. The summed E-state index contributed by atoms with van der Waals surface area (Å²) in [4.78, 5) is 16.9. The first-order chi connectivity index (χ1) is 14.3. The molecule has 2 N–H and O–H groups in total. The molecule has 6 nitrogen and oxygen atoms in total. The van der Waals surface area contributed by atoms with Gasteiger partial charge >= 0.3 is 0 Å². The Morgan fingerprint density at radius 2 is 1.83 bits per heavy atom. The van der Waals surface area contributed by atoms with E-state index in [1.54, 1.807) is 36.5 Å². The van der Waals surface area contributed by atoms with Gasteiger partial charge in [-0.3, -0.25) is 9.78 Å². The molecule has 0 aliphatic carbocycles. The van der Waals surface area contributed by atoms with Crippen molar-refractivity contribution in [2.45, 2.75) is 11.3 Å². The normalized spacial score (nSPS) is 11.3. The van der Waals surface area contributed by atoms with Crippen molar-refractivity contribution in [1.82, 2.24) is 4.98 Å². The van der Waals surface area contributed by atoms with Gasteiger partial charge in [-0.25, -0.2) is 8.42 Å². The highest BCUT2D eigenvalue weighted by Crippen LogP contribution is 2.30. The standard InChI is InChI=1S/C21H18Cl2N2O4S/c22-18-8-5-14(12-17(18)20-4-1-2-9-24-20)25-21(27)16-7-6-15(13-19(16)23)30(28,29)11-3-10-26/h1-2,4-9,12-13,26H,3,10-11H2,(H,25,27). The zero-order valence-corrected chi connectivity index (χ0v) is 18.0. The van der Waals surface area contributed by atoms with Gasteiger partial charge in [0, 0.05) is 24.1 Å². The summed E-state index contributed by atoms with van der Waals surface area (Å²) < 4.78 is 24.5. The van der Waals surface area contributed by atoms with Crippen molar-refractivity contribution in [3.8, 4) is 11.3 Å². The van der Waals surface area contributed by atoms with Gasteiger partial charge in [0.1, 0.15) is 0 Å². The summed E-state index contributed by atoms with van der Waals surface area (Å²) in [6, 6.07) is 14.4. The van der Waals surface area contributed by atoms with Crippen LogP contribution in [0.2, 0.25) is 10.0 Å². The van der Waals surface area contributed by atoms with Gasteiger partial charge in [-0.05, 0) is 55.0 Å². The first-order valence-corrected chi connectivity index (χ1v) is 11.4. The predicted octanol–water partition coefficient (Wildman–Crippen LogP) is 4.46. The summed E-state index contributed by atoms with van der Waals surface area (Å²) in [6.45, 7) is -0.227. The van der Waals surface area contributed by atoms with Crippen LogP contribution in [0.15, 0.2) is 65.7 Å². The van der Waals surface area contributed by atoms with Crippen LogP contribution in [-0.2, 0) is 9.84 Å². The van der Waals surface area contributed by atoms with Gasteiger partial charge in [0.25, 0.3) is 5.91 Å². The topological polar surface area (TPSA) is 96.4 Å². The molecule has 156 valence electrons. The molecule has 0 unspecified atom stereocenters. The number of aromatic nitrogens is 1. The Kier molecular flexibility index (Phi) is 7.10. The monoisotopic (exact) mass is 464 g/mol. The molecule has 1 aromatic heterocycles. The lowest BCUT2D eigenvalue weighted by molar-refractivity contribution is 0.102. The lowest BCUT2D eigenvalue weighted by Gasteiger charge is -2.11. The largest absolute Gasteiger partial charge is 0.396 e. The van der Waals surface area contributed by atoms with E-state index in [1.165, 1.54) is 18.2 Å². The molecule has 3 rings (SSSR count). The molecule has 0 aliphatic rings. The van der Waals surface area contributed by atoms with E-state index in [2.05, 4.69) is 10.3 Å². The third-order valence-corrected chi connectivity index (χ3v) is 6.72. The van der Waals surface area contributed by atoms with Gasteiger partial charge in [-0.15, -0.1) is 0 Å². The number of aliphatic hydroxyl groups is 1. The lowest BCUT2D eigenvalue weighted by atomic mass is 10.1. The fourth-order valence-electron chi connectivity index (χ4n) is 2.77. The van der Waals surface area contributed by atoms with Crippen LogP contribution < -0.4 is 5.32 Å². The first-order valence-electron chi connectivity index (χ1n) is 8.97. The molecule has 0 bridgehead atoms. The van der Waals surface area contributed by atoms with Gasteiger partial charge in [-0.1, -0.05) is 29.3 Å². The number of anilines is 1. The number of hydrogen-bond acceptors (Lipinski definition) is 5. The Morgan fingerprint density at radius 1 is 1.03 bits per heavy atom. The molecular formula is C21H18Cl2N2O4S. The van der Waals surface area contributed by atoms with Crippen molar-refractivity contribution in [2.75, 3.05) is 17.7 Å². The summed E-state index contributed by atoms with van der Waals surface area (Å²) in [6.07, 6.45) is 1.77. The minimum absolute atomic E-state index is 0.00133. The van der Waals surface area contributed by atoms with E-state index in [4.69, 9.17) is 28.3 Å². The van der Waals surface area contributed by atoms with Crippen molar-refractivity contribution in [3.05, 3.63) is 76.4 Å². The van der Waals surface area contributed by atoms with Crippen LogP contribution in [0.1, 0.15) is 16.8 Å². The Labute approximate surface area is 184 Å². The predicted molar refractivity (Wildman–Crippen MR) is 118 cm³/mol. The summed E-state index contributed by atoms with van der Waals surface area (Å²) in [5.74, 6) is -0.694. The minimum Gasteiger partial charge on any atom is -0.396 e. The summed E-state index contributed by atoms with van der Waals surface area (Å²) in [7, 11) is -3.59. The molecule has 0 spiro atoms. The second-order valence-corrected chi connectivity index (χ2v) is 9.32. The van der Waals surface area contributed by atoms with E-state index in [9.17, 15) is 13.2 Å². The Morgan fingerprint density at radius 3 is 2.50 bits per heavy atom. The molecular weight excluding hydrogens is 447 g/mol. The highest BCUT2D eigenvalue weighted by Gasteiger charge is 2.18. The highest BCUT2D eigenvalue weighted by molar-refractivity contribution is 7.91. The number of sulfone groups is 1. The van der Waals surface area contributed by atoms with Crippen LogP contribution in [0.5, 0.6) is 0 Å². The molecule has 3 aromatic rings. The van der Waals surface area contributed by atoms with Crippen molar-refractivity contribution >= 4 is 44.6 Å². The van der Waals surface area contributed by atoms with Gasteiger partial charge in [0.15, 0.2) is 9.84 Å². The Balaban J connectivity index is 1.83. The number of carbonyl (C=O) groups is 1. The zero-order chi connectivity index (χ0) is 21.7. The number of benzene rings is 2. The second-order valence-electron chi connectivity index (χ2n) is 6.40. The van der Waals surface area contributed by atoms with E-state index >= 15 is 0 Å². The fraction of sp³-hybridized carbons (Fsp3) is 0.143. The molecule has 0 saturated carbocycles. The van der Waals surface area contributed by atoms with Crippen LogP contribution in [0.3, 0.4) is 0 Å². The summed E-state index contributed by atoms with van der Waals surface area (Å²) in [5.41, 5.74) is 1.94. The smallest absolute Gasteiger partial charge is 0.257 e.